The maximum Gasteiger partial charge on any atom is 0.345 e. The standard InChI is InChI=1S/C9H8N2O3S/c1-10-8(13)11(15-9(10)14)6-3-2-4-7(12)5-6/h2-5,12H,1H3. The van der Waals surface area contributed by atoms with Crippen molar-refractivity contribution >= 4 is 11.5 Å². The van der Waals surface area contributed by atoms with Crippen LogP contribution in [-0.2, 0) is 7.05 Å². The highest BCUT2D eigenvalue weighted by atomic mass is 32.1. The molecule has 0 fully saturated rings. The minimum Gasteiger partial charge on any atom is -0.508 e. The van der Waals surface area contributed by atoms with E-state index in [1.165, 1.54) is 23.1 Å². The molecular weight excluding hydrogens is 216 g/mol. The molecule has 2 rings (SSSR count). The van der Waals surface area contributed by atoms with Gasteiger partial charge in [-0.25, -0.2) is 8.75 Å². The Morgan fingerprint density at radius 1 is 1.33 bits per heavy atom. The Bertz CT molecular complexity index is 608. The average molecular weight is 224 g/mol. The van der Waals surface area contributed by atoms with Gasteiger partial charge < -0.3 is 5.11 Å². The highest BCUT2D eigenvalue weighted by Crippen LogP contribution is 2.14. The normalized spacial score (nSPS) is 10.5. The summed E-state index contributed by atoms with van der Waals surface area (Å²) in [5, 5.41) is 9.25. The molecule has 1 aromatic carbocycles. The van der Waals surface area contributed by atoms with Gasteiger partial charge in [0.05, 0.1) is 5.69 Å². The smallest absolute Gasteiger partial charge is 0.345 e. The Kier molecular flexibility index (Phi) is 2.20. The summed E-state index contributed by atoms with van der Waals surface area (Å²) in [5.41, 5.74) is 0.0818. The van der Waals surface area contributed by atoms with Crippen molar-refractivity contribution in [3.63, 3.8) is 0 Å². The largest absolute Gasteiger partial charge is 0.508 e. The predicted octanol–water partition coefficient (Wildman–Crippen LogP) is 0.303. The lowest BCUT2D eigenvalue weighted by Gasteiger charge is -1.98. The molecule has 0 unspecified atom stereocenters. The van der Waals surface area contributed by atoms with Gasteiger partial charge in [0.2, 0.25) is 0 Å². The molecule has 6 heteroatoms. The van der Waals surface area contributed by atoms with E-state index < -0.39 is 5.69 Å². The molecule has 2 aromatic rings. The highest BCUT2D eigenvalue weighted by Gasteiger charge is 2.08. The van der Waals surface area contributed by atoms with Gasteiger partial charge in [-0.2, -0.15) is 0 Å². The van der Waals surface area contributed by atoms with Crippen LogP contribution in [0.2, 0.25) is 0 Å². The van der Waals surface area contributed by atoms with E-state index in [1.54, 1.807) is 12.1 Å². The molecule has 0 spiro atoms. The van der Waals surface area contributed by atoms with Crippen molar-refractivity contribution in [3.05, 3.63) is 44.4 Å². The number of phenols is 1. The fourth-order valence-corrected chi connectivity index (χ4v) is 1.95. The molecule has 15 heavy (non-hydrogen) atoms. The molecule has 5 nitrogen and oxygen atoms in total. The van der Waals surface area contributed by atoms with Crippen molar-refractivity contribution in [3.8, 4) is 11.4 Å². The van der Waals surface area contributed by atoms with E-state index in [4.69, 9.17) is 0 Å². The van der Waals surface area contributed by atoms with Gasteiger partial charge in [0, 0.05) is 24.6 Å². The number of phenolic OH excluding ortho intramolecular Hbond substituents is 1. The Morgan fingerprint density at radius 2 is 2.07 bits per heavy atom. The summed E-state index contributed by atoms with van der Waals surface area (Å²) < 4.78 is 2.26. The second kappa shape index (κ2) is 3.39. The monoisotopic (exact) mass is 224 g/mol. The predicted molar refractivity (Wildman–Crippen MR) is 56.8 cm³/mol. The van der Waals surface area contributed by atoms with E-state index in [0.717, 1.165) is 16.1 Å². The van der Waals surface area contributed by atoms with Crippen LogP contribution in [-0.4, -0.2) is 13.6 Å². The van der Waals surface area contributed by atoms with Gasteiger partial charge in [-0.1, -0.05) is 6.07 Å². The molecule has 1 aromatic heterocycles. The van der Waals surface area contributed by atoms with Gasteiger partial charge in [-0.05, 0) is 12.1 Å². The second-order valence-electron chi connectivity index (χ2n) is 3.01. The molecule has 1 N–H and O–H groups in total. The van der Waals surface area contributed by atoms with E-state index in [-0.39, 0.29) is 10.6 Å². The number of aromatic nitrogens is 2. The average Bonchev–Trinajstić information content (AvgIpc) is 2.46. The van der Waals surface area contributed by atoms with Crippen LogP contribution in [0.4, 0.5) is 0 Å². The molecule has 1 heterocycles. The van der Waals surface area contributed by atoms with Crippen LogP contribution in [0.5, 0.6) is 5.75 Å². The first-order valence-electron chi connectivity index (χ1n) is 4.18. The fourth-order valence-electron chi connectivity index (χ4n) is 1.18. The van der Waals surface area contributed by atoms with Crippen LogP contribution in [0.15, 0.2) is 33.9 Å². The minimum atomic E-state index is -0.407. The van der Waals surface area contributed by atoms with Gasteiger partial charge in [0.15, 0.2) is 0 Å². The summed E-state index contributed by atoms with van der Waals surface area (Å²) in [5.74, 6) is 0.0582. The first kappa shape index (κ1) is 9.72. The number of aromatic hydroxyl groups is 1. The molecular formula is C9H8N2O3S. The molecule has 0 aliphatic rings. The van der Waals surface area contributed by atoms with Crippen molar-refractivity contribution in [2.45, 2.75) is 0 Å². The van der Waals surface area contributed by atoms with Gasteiger partial charge in [0.1, 0.15) is 5.75 Å². The fraction of sp³-hybridized carbons (Fsp3) is 0.111. The van der Waals surface area contributed by atoms with E-state index in [1.807, 2.05) is 0 Å². The molecule has 78 valence electrons. The number of hydrogen-bond acceptors (Lipinski definition) is 4. The van der Waals surface area contributed by atoms with Crippen LogP contribution in [0.25, 0.3) is 5.69 Å². The van der Waals surface area contributed by atoms with Crippen LogP contribution < -0.4 is 10.6 Å². The summed E-state index contributed by atoms with van der Waals surface area (Å²) in [6.45, 7) is 0. The van der Waals surface area contributed by atoms with Crippen molar-refractivity contribution in [2.75, 3.05) is 0 Å². The number of rotatable bonds is 1. The second-order valence-corrected chi connectivity index (χ2v) is 3.91. The van der Waals surface area contributed by atoms with E-state index in [9.17, 15) is 14.7 Å². The summed E-state index contributed by atoms with van der Waals surface area (Å²) in [6.07, 6.45) is 0. The summed E-state index contributed by atoms with van der Waals surface area (Å²) in [4.78, 5) is 22.4. The zero-order chi connectivity index (χ0) is 11.0. The van der Waals surface area contributed by atoms with Crippen LogP contribution in [0.1, 0.15) is 0 Å². The number of hydrogen-bond donors (Lipinski definition) is 1. The molecule has 0 saturated heterocycles. The Morgan fingerprint density at radius 3 is 2.60 bits per heavy atom. The lowest BCUT2D eigenvalue weighted by molar-refractivity contribution is 0.475. The van der Waals surface area contributed by atoms with Crippen molar-refractivity contribution in [2.24, 2.45) is 7.05 Å². The maximum absolute atomic E-state index is 11.6. The van der Waals surface area contributed by atoms with Gasteiger partial charge in [0.25, 0.3) is 0 Å². The van der Waals surface area contributed by atoms with Gasteiger partial charge in [-0.15, -0.1) is 0 Å². The summed E-state index contributed by atoms with van der Waals surface area (Å²) >= 11 is 0.803. The molecule has 0 aliphatic carbocycles. The number of benzene rings is 1. The molecule has 0 bridgehead atoms. The lowest BCUT2D eigenvalue weighted by Crippen LogP contribution is -2.25. The Hall–Kier alpha value is -1.82. The highest BCUT2D eigenvalue weighted by molar-refractivity contribution is 7.03. The molecule has 0 amide bonds. The van der Waals surface area contributed by atoms with E-state index in [0.29, 0.717) is 5.69 Å². The van der Waals surface area contributed by atoms with Crippen LogP contribution in [0.3, 0.4) is 0 Å². The third-order valence-corrected chi connectivity index (χ3v) is 2.95. The summed E-state index contributed by atoms with van der Waals surface area (Å²) in [7, 11) is 1.42. The third-order valence-electron chi connectivity index (χ3n) is 1.97. The first-order valence-corrected chi connectivity index (χ1v) is 4.95. The van der Waals surface area contributed by atoms with E-state index >= 15 is 0 Å². The van der Waals surface area contributed by atoms with E-state index in [2.05, 4.69) is 0 Å². The SMILES string of the molecule is Cn1c(=O)sn(-c2cccc(O)c2)c1=O. The topological polar surface area (TPSA) is 64.2 Å². The quantitative estimate of drug-likeness (QED) is 0.758. The Labute approximate surface area is 88.6 Å². The van der Waals surface area contributed by atoms with Crippen LogP contribution in [0, 0.1) is 0 Å². The zero-order valence-corrected chi connectivity index (χ0v) is 8.69. The van der Waals surface area contributed by atoms with Gasteiger partial charge >= 0.3 is 10.6 Å². The van der Waals surface area contributed by atoms with Crippen molar-refractivity contribution < 1.29 is 5.11 Å². The number of nitrogens with zero attached hydrogens (tertiary/aromatic N) is 2. The molecule has 0 aliphatic heterocycles. The van der Waals surface area contributed by atoms with Crippen molar-refractivity contribution in [1.82, 2.24) is 8.52 Å². The summed E-state index contributed by atoms with van der Waals surface area (Å²) in [6, 6.07) is 6.19. The molecule has 0 saturated carbocycles. The van der Waals surface area contributed by atoms with Gasteiger partial charge in [-0.3, -0.25) is 9.36 Å². The first-order chi connectivity index (χ1) is 7.09. The zero-order valence-electron chi connectivity index (χ0n) is 7.88. The minimum absolute atomic E-state index is 0.0582. The molecule has 0 radical (unpaired) electrons. The lowest BCUT2D eigenvalue weighted by atomic mass is 10.3. The van der Waals surface area contributed by atoms with Crippen molar-refractivity contribution in [1.29, 1.82) is 0 Å². The Balaban J connectivity index is 2.70. The van der Waals surface area contributed by atoms with Crippen LogP contribution >= 0.6 is 11.5 Å². The third kappa shape index (κ3) is 1.59. The molecule has 0 atom stereocenters. The maximum atomic E-state index is 11.6.